The summed E-state index contributed by atoms with van der Waals surface area (Å²) in [6, 6.07) is 13.5. The molecule has 5 nitrogen and oxygen atoms in total. The van der Waals surface area contributed by atoms with Gasteiger partial charge in [0.05, 0.1) is 25.9 Å². The van der Waals surface area contributed by atoms with Gasteiger partial charge in [-0.1, -0.05) is 37.3 Å². The van der Waals surface area contributed by atoms with Gasteiger partial charge in [-0.3, -0.25) is 0 Å². The van der Waals surface area contributed by atoms with Gasteiger partial charge in [0.2, 0.25) is 10.0 Å². The average Bonchev–Trinajstić information content (AvgIpc) is 2.77. The number of methoxy groups -OCH3 is 2. The minimum atomic E-state index is -4.63. The van der Waals surface area contributed by atoms with Crippen LogP contribution in [0.1, 0.15) is 30.9 Å². The molecule has 9 heteroatoms. The fraction of sp³-hybridized carbons (Fsp3) is 0.417. The molecule has 2 rings (SSSR count). The summed E-state index contributed by atoms with van der Waals surface area (Å²) >= 11 is 0. The summed E-state index contributed by atoms with van der Waals surface area (Å²) in [7, 11) is -1.32. The normalized spacial score (nSPS) is 14.0. The van der Waals surface area contributed by atoms with E-state index >= 15 is 0 Å². The number of sulfonamides is 1. The first kappa shape index (κ1) is 26.7. The van der Waals surface area contributed by atoms with E-state index in [1.54, 1.807) is 48.5 Å². The van der Waals surface area contributed by atoms with Crippen molar-refractivity contribution in [1.82, 2.24) is 4.31 Å². The quantitative estimate of drug-likeness (QED) is 0.369. The van der Waals surface area contributed by atoms with Gasteiger partial charge in [-0.2, -0.15) is 17.5 Å². The lowest BCUT2D eigenvalue weighted by atomic mass is 10.0. The summed E-state index contributed by atoms with van der Waals surface area (Å²) < 4.78 is 78.8. The van der Waals surface area contributed by atoms with Crippen LogP contribution in [0.5, 0.6) is 11.5 Å². The van der Waals surface area contributed by atoms with E-state index in [2.05, 4.69) is 6.58 Å². The van der Waals surface area contributed by atoms with Crippen molar-refractivity contribution in [3.63, 3.8) is 0 Å². The number of rotatable bonds is 12. The Kier molecular flexibility index (Phi) is 9.36. The Bertz CT molecular complexity index is 940. The third kappa shape index (κ3) is 7.78. The molecule has 2 atom stereocenters. The lowest BCUT2D eigenvalue weighted by molar-refractivity contribution is -0.136. The van der Waals surface area contributed by atoms with Gasteiger partial charge < -0.3 is 9.47 Å². The molecule has 0 aliphatic carbocycles. The third-order valence-electron chi connectivity index (χ3n) is 5.38. The van der Waals surface area contributed by atoms with Crippen molar-refractivity contribution in [3.8, 4) is 11.5 Å². The van der Waals surface area contributed by atoms with E-state index < -0.39 is 33.8 Å². The highest BCUT2D eigenvalue weighted by molar-refractivity contribution is 7.89. The second-order valence-corrected chi connectivity index (χ2v) is 10.0. The average molecular weight is 486 g/mol. The van der Waals surface area contributed by atoms with Gasteiger partial charge in [-0.25, -0.2) is 8.42 Å². The second-order valence-electron chi connectivity index (χ2n) is 7.87. The second kappa shape index (κ2) is 11.6. The molecule has 0 aliphatic heterocycles. The van der Waals surface area contributed by atoms with Crippen LogP contribution in [0.2, 0.25) is 0 Å². The predicted molar refractivity (Wildman–Crippen MR) is 123 cm³/mol. The van der Waals surface area contributed by atoms with Crippen molar-refractivity contribution in [2.24, 2.45) is 5.92 Å². The summed E-state index contributed by atoms with van der Waals surface area (Å²) in [5.74, 6) is 0.430. The van der Waals surface area contributed by atoms with Crippen LogP contribution < -0.4 is 9.47 Å². The van der Waals surface area contributed by atoms with E-state index in [0.29, 0.717) is 22.6 Å². The van der Waals surface area contributed by atoms with Crippen LogP contribution in [0.25, 0.3) is 0 Å². The molecule has 0 aromatic heterocycles. The van der Waals surface area contributed by atoms with Crippen molar-refractivity contribution in [1.29, 1.82) is 0 Å². The fourth-order valence-electron chi connectivity index (χ4n) is 3.54. The molecule has 0 spiro atoms. The highest BCUT2D eigenvalue weighted by Crippen LogP contribution is 2.33. The lowest BCUT2D eigenvalue weighted by Gasteiger charge is -2.31. The molecule has 0 fully saturated rings. The summed E-state index contributed by atoms with van der Waals surface area (Å²) in [5, 5.41) is -1.63. The number of allylic oxidation sites excluding steroid dienone is 1. The molecule has 0 radical (unpaired) electrons. The Hall–Kier alpha value is -2.52. The molecule has 0 unspecified atom stereocenters. The van der Waals surface area contributed by atoms with Crippen LogP contribution in [-0.4, -0.2) is 38.4 Å². The number of nitrogens with zero attached hydrogens (tertiary/aromatic N) is 1. The summed E-state index contributed by atoms with van der Waals surface area (Å²) in [6.07, 6.45) is -4.45. The van der Waals surface area contributed by atoms with E-state index in [4.69, 9.17) is 9.47 Å². The van der Waals surface area contributed by atoms with Crippen LogP contribution in [0.4, 0.5) is 13.2 Å². The predicted octanol–water partition coefficient (Wildman–Crippen LogP) is 5.57. The van der Waals surface area contributed by atoms with Crippen LogP contribution in [0.15, 0.2) is 61.2 Å². The zero-order valence-corrected chi connectivity index (χ0v) is 19.8. The summed E-state index contributed by atoms with van der Waals surface area (Å²) in [6.45, 7) is 4.92. The number of ether oxygens (including phenoxy) is 2. The van der Waals surface area contributed by atoms with Gasteiger partial charge in [-0.15, -0.1) is 6.58 Å². The van der Waals surface area contributed by atoms with Crippen LogP contribution in [0, 0.1) is 5.92 Å². The van der Waals surface area contributed by atoms with Gasteiger partial charge in [0.25, 0.3) is 0 Å². The van der Waals surface area contributed by atoms with E-state index in [9.17, 15) is 21.6 Å². The highest BCUT2D eigenvalue weighted by Gasteiger charge is 2.43. The van der Waals surface area contributed by atoms with Crippen LogP contribution in [-0.2, 0) is 23.1 Å². The molecule has 0 amide bonds. The van der Waals surface area contributed by atoms with Crippen molar-refractivity contribution in [2.45, 2.75) is 44.3 Å². The Balaban J connectivity index is 2.46. The minimum absolute atomic E-state index is 0.0759. The first-order valence-corrected chi connectivity index (χ1v) is 11.9. The van der Waals surface area contributed by atoms with Crippen molar-refractivity contribution >= 4 is 10.0 Å². The molecule has 33 heavy (non-hydrogen) atoms. The lowest BCUT2D eigenvalue weighted by Crippen LogP contribution is -2.43. The van der Waals surface area contributed by atoms with Crippen LogP contribution >= 0.6 is 0 Å². The van der Waals surface area contributed by atoms with E-state index in [0.717, 1.165) is 4.31 Å². The zero-order chi connectivity index (χ0) is 24.6. The Morgan fingerprint density at radius 1 is 0.939 bits per heavy atom. The Morgan fingerprint density at radius 2 is 1.36 bits per heavy atom. The topological polar surface area (TPSA) is 55.8 Å². The smallest absolute Gasteiger partial charge is 0.390 e. The Morgan fingerprint density at radius 3 is 1.70 bits per heavy atom. The molecule has 0 N–H and O–H groups in total. The van der Waals surface area contributed by atoms with Crippen molar-refractivity contribution < 1.29 is 31.1 Å². The SMILES string of the molecule is C=CC[C@H](C)[C@@H](CC(F)(F)F)S(=O)(=O)N(Cc1ccc(OC)cc1)Cc1ccc(OC)cc1. The van der Waals surface area contributed by atoms with E-state index in [1.807, 2.05) is 0 Å². The fourth-order valence-corrected chi connectivity index (χ4v) is 5.68. The summed E-state index contributed by atoms with van der Waals surface area (Å²) in [5.41, 5.74) is 1.27. The minimum Gasteiger partial charge on any atom is -0.497 e. The largest absolute Gasteiger partial charge is 0.497 e. The zero-order valence-electron chi connectivity index (χ0n) is 19.0. The number of alkyl halides is 3. The van der Waals surface area contributed by atoms with Gasteiger partial charge in [0.1, 0.15) is 11.5 Å². The van der Waals surface area contributed by atoms with E-state index in [-0.39, 0.29) is 19.5 Å². The number of benzene rings is 2. The van der Waals surface area contributed by atoms with Gasteiger partial charge >= 0.3 is 6.18 Å². The number of hydrogen-bond acceptors (Lipinski definition) is 4. The molecule has 0 saturated carbocycles. The first-order valence-electron chi connectivity index (χ1n) is 10.4. The molecule has 182 valence electrons. The molecule has 0 heterocycles. The van der Waals surface area contributed by atoms with Gasteiger partial charge in [-0.05, 0) is 47.7 Å². The van der Waals surface area contributed by atoms with Crippen molar-refractivity contribution in [2.75, 3.05) is 14.2 Å². The molecule has 2 aromatic rings. The molecule has 0 saturated heterocycles. The number of hydrogen-bond donors (Lipinski definition) is 0. The molecular weight excluding hydrogens is 455 g/mol. The molecule has 2 aromatic carbocycles. The van der Waals surface area contributed by atoms with Crippen LogP contribution in [0.3, 0.4) is 0 Å². The highest BCUT2D eigenvalue weighted by atomic mass is 32.2. The van der Waals surface area contributed by atoms with Gasteiger partial charge in [0, 0.05) is 13.1 Å². The number of halogens is 3. The van der Waals surface area contributed by atoms with Gasteiger partial charge in [0.15, 0.2) is 0 Å². The monoisotopic (exact) mass is 485 g/mol. The molecular formula is C24H30F3NO4S. The third-order valence-corrected chi connectivity index (χ3v) is 7.76. The first-order chi connectivity index (χ1) is 15.5. The maximum atomic E-state index is 13.6. The standard InChI is InChI=1S/C24H30F3NO4S/c1-5-6-18(2)23(15-24(25,26)27)33(29,30)28(16-19-7-11-21(31-3)12-8-19)17-20-9-13-22(32-4)14-10-20/h5,7-14,18,23H,1,6,15-17H2,2-4H3/t18-,23+/m0/s1. The van der Waals surface area contributed by atoms with Crippen molar-refractivity contribution in [3.05, 3.63) is 72.3 Å². The molecule has 0 bridgehead atoms. The maximum Gasteiger partial charge on any atom is 0.390 e. The summed E-state index contributed by atoms with van der Waals surface area (Å²) in [4.78, 5) is 0. The molecule has 0 aliphatic rings. The maximum absolute atomic E-state index is 13.6. The Labute approximate surface area is 193 Å². The van der Waals surface area contributed by atoms with E-state index in [1.165, 1.54) is 27.2 Å².